The fourth-order valence-electron chi connectivity index (χ4n) is 3.90. The van der Waals surface area contributed by atoms with Crippen LogP contribution in [0.2, 0.25) is 0 Å². The number of anilines is 1. The predicted octanol–water partition coefficient (Wildman–Crippen LogP) is 2.97. The Balaban J connectivity index is 1.51. The minimum absolute atomic E-state index is 0.0840. The van der Waals surface area contributed by atoms with Crippen LogP contribution in [0, 0.1) is 0 Å². The quantitative estimate of drug-likeness (QED) is 0.525. The highest BCUT2D eigenvalue weighted by Gasteiger charge is 2.30. The normalized spacial score (nSPS) is 19.9. The molecule has 2 aliphatic heterocycles. The number of hydrogen-bond donors (Lipinski definition) is 1. The maximum atomic E-state index is 13.0. The highest BCUT2D eigenvalue weighted by molar-refractivity contribution is 7.93. The highest BCUT2D eigenvalue weighted by Crippen LogP contribution is 2.33. The molecule has 0 saturated carbocycles. The zero-order valence-corrected chi connectivity index (χ0v) is 19.3. The van der Waals surface area contributed by atoms with Gasteiger partial charge in [-0.25, -0.2) is 9.97 Å². The van der Waals surface area contributed by atoms with Crippen LogP contribution in [-0.4, -0.2) is 66.0 Å². The highest BCUT2D eigenvalue weighted by atomic mass is 32.2. The van der Waals surface area contributed by atoms with Crippen molar-refractivity contribution in [1.82, 2.24) is 14.9 Å². The third-order valence-electron chi connectivity index (χ3n) is 5.38. The summed E-state index contributed by atoms with van der Waals surface area (Å²) in [5.41, 5.74) is 8.04. The Morgan fingerprint density at radius 3 is 3.00 bits per heavy atom. The molecule has 0 bridgehead atoms. The molecule has 4 heterocycles. The Hall–Kier alpha value is -2.43. The maximum Gasteiger partial charge on any atom is 0.270 e. The Morgan fingerprint density at radius 1 is 1.42 bits per heavy atom. The first kappa shape index (κ1) is 21.8. The van der Waals surface area contributed by atoms with E-state index in [0.29, 0.717) is 23.5 Å². The lowest BCUT2D eigenvalue weighted by molar-refractivity contribution is 0.0805. The molecule has 10 heteroatoms. The lowest BCUT2D eigenvalue weighted by atomic mass is 10.1. The third kappa shape index (κ3) is 4.60. The minimum atomic E-state index is -0.0840. The van der Waals surface area contributed by atoms with E-state index >= 15 is 0 Å². The first-order chi connectivity index (χ1) is 15.1. The summed E-state index contributed by atoms with van der Waals surface area (Å²) in [5.74, 6) is 0.859. The van der Waals surface area contributed by atoms with Gasteiger partial charge >= 0.3 is 0 Å². The number of amides is 1. The SMILES string of the molecule is CN=CC(=CN)N1CCc2nc(-c3ccc(N4CCCC(OSC)C4)nc3)sc2C1=O. The van der Waals surface area contributed by atoms with E-state index in [0.717, 1.165) is 48.0 Å². The number of thiazole rings is 1. The molecule has 8 nitrogen and oxygen atoms in total. The molecule has 0 aliphatic carbocycles. The van der Waals surface area contributed by atoms with Crippen molar-refractivity contribution in [3.05, 3.63) is 40.8 Å². The van der Waals surface area contributed by atoms with Crippen LogP contribution < -0.4 is 10.6 Å². The molecule has 4 rings (SSSR count). The van der Waals surface area contributed by atoms with Crippen LogP contribution in [0.3, 0.4) is 0 Å². The number of pyridine rings is 1. The molecule has 0 radical (unpaired) electrons. The van der Waals surface area contributed by atoms with Crippen molar-refractivity contribution in [2.45, 2.75) is 25.4 Å². The number of nitrogens with two attached hydrogens (primary N) is 1. The summed E-state index contributed by atoms with van der Waals surface area (Å²) in [7, 11) is 1.66. The van der Waals surface area contributed by atoms with Gasteiger partial charge < -0.3 is 19.7 Å². The van der Waals surface area contributed by atoms with Crippen LogP contribution in [0.5, 0.6) is 0 Å². The van der Waals surface area contributed by atoms with Crippen molar-refractivity contribution in [3.63, 3.8) is 0 Å². The van der Waals surface area contributed by atoms with Gasteiger partial charge in [-0.1, -0.05) is 0 Å². The fraction of sp³-hybridized carbons (Fsp3) is 0.429. The van der Waals surface area contributed by atoms with Crippen LogP contribution in [0.15, 0.2) is 35.2 Å². The van der Waals surface area contributed by atoms with Crippen molar-refractivity contribution in [1.29, 1.82) is 0 Å². The van der Waals surface area contributed by atoms with Crippen LogP contribution in [-0.2, 0) is 10.6 Å². The number of aromatic nitrogens is 2. The zero-order chi connectivity index (χ0) is 21.8. The van der Waals surface area contributed by atoms with E-state index in [2.05, 4.69) is 14.9 Å². The Bertz CT molecular complexity index is 986. The molecule has 1 amide bonds. The molecular weight excluding hydrogens is 432 g/mol. The Labute approximate surface area is 190 Å². The van der Waals surface area contributed by atoms with E-state index < -0.39 is 0 Å². The second-order valence-electron chi connectivity index (χ2n) is 7.36. The molecule has 2 aliphatic rings. The average molecular weight is 459 g/mol. The van der Waals surface area contributed by atoms with Crippen molar-refractivity contribution >= 4 is 41.3 Å². The van der Waals surface area contributed by atoms with Gasteiger partial charge in [0, 0.05) is 63.5 Å². The standard InChI is InChI=1S/C21H26N6O2S2/c1-23-12-15(10-22)27-9-7-17-19(21(27)28)31-20(25-17)14-5-6-18(24-11-14)26-8-3-4-16(13-26)29-30-2/h5-6,10-12,16H,3-4,7-9,13,22H2,1-2H3. The first-order valence-electron chi connectivity index (χ1n) is 10.2. The van der Waals surface area contributed by atoms with Gasteiger partial charge in [0.2, 0.25) is 0 Å². The summed E-state index contributed by atoms with van der Waals surface area (Å²) in [5, 5.41) is 0.809. The number of hydrogen-bond acceptors (Lipinski definition) is 9. The van der Waals surface area contributed by atoms with Gasteiger partial charge in [-0.2, -0.15) is 0 Å². The van der Waals surface area contributed by atoms with Gasteiger partial charge in [0.05, 0.1) is 17.5 Å². The molecule has 0 aromatic carbocycles. The number of fused-ring (bicyclic) bond motifs is 1. The largest absolute Gasteiger partial charge is 0.403 e. The van der Waals surface area contributed by atoms with E-state index in [-0.39, 0.29) is 12.0 Å². The van der Waals surface area contributed by atoms with Gasteiger partial charge in [0.1, 0.15) is 15.7 Å². The third-order valence-corrected chi connectivity index (χ3v) is 6.98. The van der Waals surface area contributed by atoms with Crippen molar-refractivity contribution in [3.8, 4) is 10.6 Å². The molecule has 31 heavy (non-hydrogen) atoms. The lowest BCUT2D eigenvalue weighted by Crippen LogP contribution is -2.39. The molecule has 0 spiro atoms. The van der Waals surface area contributed by atoms with Crippen LogP contribution >= 0.6 is 23.4 Å². The zero-order valence-electron chi connectivity index (χ0n) is 17.7. The minimum Gasteiger partial charge on any atom is -0.403 e. The number of aliphatic imine (C=N–C) groups is 1. The van der Waals surface area contributed by atoms with Crippen LogP contribution in [0.1, 0.15) is 28.2 Å². The molecule has 1 fully saturated rings. The molecule has 1 saturated heterocycles. The van der Waals surface area contributed by atoms with Crippen LogP contribution in [0.25, 0.3) is 10.6 Å². The van der Waals surface area contributed by atoms with Crippen molar-refractivity contribution < 1.29 is 8.98 Å². The van der Waals surface area contributed by atoms with E-state index in [1.807, 2.05) is 24.6 Å². The topological polar surface area (TPSA) is 96.9 Å². The number of rotatable bonds is 6. The molecule has 1 unspecified atom stereocenters. The van der Waals surface area contributed by atoms with Gasteiger partial charge in [-0.3, -0.25) is 9.79 Å². The van der Waals surface area contributed by atoms with Gasteiger partial charge in [-0.15, -0.1) is 11.3 Å². The van der Waals surface area contributed by atoms with Gasteiger partial charge in [-0.05, 0) is 37.0 Å². The number of carbonyl (C=O) groups excluding carboxylic acids is 1. The number of carbonyl (C=O) groups is 1. The predicted molar refractivity (Wildman–Crippen MR) is 127 cm³/mol. The fourth-order valence-corrected chi connectivity index (χ4v) is 5.38. The van der Waals surface area contributed by atoms with Gasteiger partial charge in [0.15, 0.2) is 0 Å². The maximum absolute atomic E-state index is 13.0. The Kier molecular flexibility index (Phi) is 6.89. The summed E-state index contributed by atoms with van der Waals surface area (Å²) in [6, 6.07) is 4.06. The van der Waals surface area contributed by atoms with E-state index in [1.165, 1.54) is 29.6 Å². The molecular formula is C21H26N6O2S2. The molecule has 2 N–H and O–H groups in total. The lowest BCUT2D eigenvalue weighted by Gasteiger charge is -2.32. The van der Waals surface area contributed by atoms with E-state index in [1.54, 1.807) is 18.2 Å². The molecule has 2 aromatic rings. The monoisotopic (exact) mass is 458 g/mol. The number of nitrogens with zero attached hydrogens (tertiary/aromatic N) is 5. The number of piperidine rings is 1. The van der Waals surface area contributed by atoms with Crippen molar-refractivity contribution in [2.24, 2.45) is 10.7 Å². The summed E-state index contributed by atoms with van der Waals surface area (Å²) in [6.07, 6.45) is 9.89. The summed E-state index contributed by atoms with van der Waals surface area (Å²) in [6.45, 7) is 2.37. The van der Waals surface area contributed by atoms with E-state index in [9.17, 15) is 4.79 Å². The van der Waals surface area contributed by atoms with E-state index in [4.69, 9.17) is 14.9 Å². The summed E-state index contributed by atoms with van der Waals surface area (Å²) < 4.78 is 5.72. The summed E-state index contributed by atoms with van der Waals surface area (Å²) in [4.78, 5) is 30.9. The second-order valence-corrected chi connectivity index (χ2v) is 8.88. The van der Waals surface area contributed by atoms with Gasteiger partial charge in [0.25, 0.3) is 5.91 Å². The summed E-state index contributed by atoms with van der Waals surface area (Å²) >= 11 is 2.83. The number of allylic oxidation sites excluding steroid dienone is 1. The Morgan fingerprint density at radius 2 is 2.29 bits per heavy atom. The second kappa shape index (κ2) is 9.80. The smallest absolute Gasteiger partial charge is 0.270 e. The van der Waals surface area contributed by atoms with Crippen molar-refractivity contribution in [2.75, 3.05) is 37.8 Å². The van der Waals surface area contributed by atoms with Crippen LogP contribution in [0.4, 0.5) is 5.82 Å². The molecule has 1 atom stereocenters. The molecule has 164 valence electrons. The molecule has 2 aromatic heterocycles. The average Bonchev–Trinajstić information content (AvgIpc) is 3.24. The first-order valence-corrected chi connectivity index (χ1v) is 12.2.